The van der Waals surface area contributed by atoms with Crippen LogP contribution in [0.5, 0.6) is 0 Å². The molecular formula is C11H17N3O5. The Kier molecular flexibility index (Phi) is 5.43. The van der Waals surface area contributed by atoms with Gasteiger partial charge in [-0.3, -0.25) is 4.79 Å². The molecule has 0 unspecified atom stereocenters. The molecule has 1 aromatic rings. The van der Waals surface area contributed by atoms with Crippen molar-refractivity contribution in [3.63, 3.8) is 0 Å². The van der Waals surface area contributed by atoms with Crippen LogP contribution in [0, 0.1) is 12.8 Å². The van der Waals surface area contributed by atoms with Gasteiger partial charge in [0.2, 0.25) is 5.91 Å². The molecular weight excluding hydrogens is 254 g/mol. The van der Waals surface area contributed by atoms with E-state index in [2.05, 4.69) is 15.5 Å². The molecule has 1 rings (SSSR count). The number of hydrogen-bond donors (Lipinski definition) is 2. The summed E-state index contributed by atoms with van der Waals surface area (Å²) < 4.78 is 9.85. The van der Waals surface area contributed by atoms with Crippen molar-refractivity contribution < 1.29 is 24.0 Å². The number of nitrogens with zero attached hydrogens (tertiary/aromatic N) is 2. The van der Waals surface area contributed by atoms with Gasteiger partial charge in [0.05, 0.1) is 0 Å². The number of carboxylic acids is 1. The van der Waals surface area contributed by atoms with Crippen LogP contribution in [-0.4, -0.2) is 39.8 Å². The molecule has 8 heteroatoms. The zero-order chi connectivity index (χ0) is 14.4. The van der Waals surface area contributed by atoms with Crippen LogP contribution in [0.2, 0.25) is 0 Å². The Morgan fingerprint density at radius 1 is 1.47 bits per heavy atom. The second kappa shape index (κ2) is 6.83. The summed E-state index contributed by atoms with van der Waals surface area (Å²) in [5, 5.41) is 14.9. The lowest BCUT2D eigenvalue weighted by molar-refractivity contribution is -0.144. The molecule has 0 aliphatic heterocycles. The molecule has 0 radical (unpaired) electrons. The van der Waals surface area contributed by atoms with Gasteiger partial charge in [-0.2, -0.15) is 4.98 Å². The summed E-state index contributed by atoms with van der Waals surface area (Å²) in [6.07, 6.45) is 0. The van der Waals surface area contributed by atoms with Gasteiger partial charge in [-0.25, -0.2) is 4.79 Å². The first kappa shape index (κ1) is 15.1. The molecule has 19 heavy (non-hydrogen) atoms. The summed E-state index contributed by atoms with van der Waals surface area (Å²) in [7, 11) is 0. The second-order valence-corrected chi connectivity index (χ2v) is 4.36. The molecule has 0 aromatic carbocycles. The number of aromatic nitrogens is 2. The minimum Gasteiger partial charge on any atom is -0.480 e. The Hall–Kier alpha value is -1.96. The van der Waals surface area contributed by atoms with Crippen molar-refractivity contribution in [2.45, 2.75) is 33.4 Å². The number of rotatable bonds is 7. The lowest BCUT2D eigenvalue weighted by Crippen LogP contribution is -2.45. The van der Waals surface area contributed by atoms with Crippen molar-refractivity contribution in [3.05, 3.63) is 11.7 Å². The average Bonchev–Trinajstić information content (AvgIpc) is 2.71. The number of aryl methyl sites for hydroxylation is 1. The molecule has 0 fully saturated rings. The van der Waals surface area contributed by atoms with Crippen LogP contribution in [-0.2, 0) is 20.9 Å². The van der Waals surface area contributed by atoms with Gasteiger partial charge in [0.1, 0.15) is 19.3 Å². The minimum atomic E-state index is -1.07. The van der Waals surface area contributed by atoms with E-state index in [9.17, 15) is 9.59 Å². The van der Waals surface area contributed by atoms with Gasteiger partial charge in [0.15, 0.2) is 5.82 Å². The number of nitrogens with one attached hydrogen (secondary N) is 1. The Labute approximate surface area is 110 Å². The third-order valence-electron chi connectivity index (χ3n) is 2.28. The number of carboxylic acid groups (broad SMARTS) is 1. The third-order valence-corrected chi connectivity index (χ3v) is 2.28. The molecule has 8 nitrogen and oxygen atoms in total. The topological polar surface area (TPSA) is 115 Å². The molecule has 0 bridgehead atoms. The fourth-order valence-corrected chi connectivity index (χ4v) is 1.36. The van der Waals surface area contributed by atoms with Gasteiger partial charge in [0, 0.05) is 0 Å². The molecule has 106 valence electrons. The maximum atomic E-state index is 11.5. The molecule has 0 aliphatic carbocycles. The van der Waals surface area contributed by atoms with Gasteiger partial charge in [-0.05, 0) is 12.8 Å². The summed E-state index contributed by atoms with van der Waals surface area (Å²) in [4.78, 5) is 26.3. The molecule has 2 N–H and O–H groups in total. The van der Waals surface area contributed by atoms with Gasteiger partial charge < -0.3 is 19.7 Å². The van der Waals surface area contributed by atoms with E-state index in [4.69, 9.17) is 14.4 Å². The lowest BCUT2D eigenvalue weighted by atomic mass is 10.1. The van der Waals surface area contributed by atoms with E-state index in [1.807, 2.05) is 0 Å². The number of carbonyl (C=O) groups excluding carboxylic acids is 1. The normalized spacial score (nSPS) is 12.4. The van der Waals surface area contributed by atoms with Crippen LogP contribution in [0.3, 0.4) is 0 Å². The monoisotopic (exact) mass is 271 g/mol. The largest absolute Gasteiger partial charge is 0.480 e. The van der Waals surface area contributed by atoms with E-state index in [0.29, 0.717) is 5.82 Å². The van der Waals surface area contributed by atoms with Crippen molar-refractivity contribution >= 4 is 11.9 Å². The summed E-state index contributed by atoms with van der Waals surface area (Å²) in [5.74, 6) is -1.04. The molecule has 0 spiro atoms. The van der Waals surface area contributed by atoms with Crippen LogP contribution in [0.1, 0.15) is 25.6 Å². The molecule has 1 heterocycles. The standard InChI is InChI=1S/C11H17N3O5/c1-6(2)10(11(16)17)13-8(15)4-18-5-9-12-7(3)14-19-9/h6,10H,4-5H2,1-3H3,(H,13,15)(H,16,17)/t10-/m1/s1. The Balaban J connectivity index is 2.33. The summed E-state index contributed by atoms with van der Waals surface area (Å²) in [6, 6.07) is -0.929. The van der Waals surface area contributed by atoms with E-state index in [1.54, 1.807) is 20.8 Å². The average molecular weight is 271 g/mol. The first-order chi connectivity index (χ1) is 8.90. The van der Waals surface area contributed by atoms with E-state index in [1.165, 1.54) is 0 Å². The molecule has 0 saturated heterocycles. The summed E-state index contributed by atoms with van der Waals surface area (Å²) in [5.41, 5.74) is 0. The third kappa shape index (κ3) is 5.04. The van der Waals surface area contributed by atoms with Crippen molar-refractivity contribution in [1.29, 1.82) is 0 Å². The van der Waals surface area contributed by atoms with E-state index in [-0.39, 0.29) is 25.0 Å². The van der Waals surface area contributed by atoms with Crippen LogP contribution in [0.25, 0.3) is 0 Å². The van der Waals surface area contributed by atoms with Crippen LogP contribution in [0.15, 0.2) is 4.52 Å². The summed E-state index contributed by atoms with van der Waals surface area (Å²) >= 11 is 0. The zero-order valence-electron chi connectivity index (χ0n) is 11.0. The number of carbonyl (C=O) groups is 2. The predicted molar refractivity (Wildman–Crippen MR) is 63.1 cm³/mol. The minimum absolute atomic E-state index is 0.00762. The number of ether oxygens (including phenoxy) is 1. The van der Waals surface area contributed by atoms with Gasteiger partial charge >= 0.3 is 5.97 Å². The zero-order valence-corrected chi connectivity index (χ0v) is 11.0. The van der Waals surface area contributed by atoms with E-state index < -0.39 is 17.9 Å². The molecule has 1 amide bonds. The molecule has 0 aliphatic rings. The van der Waals surface area contributed by atoms with Crippen LogP contribution in [0.4, 0.5) is 0 Å². The van der Waals surface area contributed by atoms with Gasteiger partial charge in [-0.15, -0.1) is 0 Å². The highest BCUT2D eigenvalue weighted by Crippen LogP contribution is 2.02. The highest BCUT2D eigenvalue weighted by Gasteiger charge is 2.23. The number of hydrogen-bond acceptors (Lipinski definition) is 6. The lowest BCUT2D eigenvalue weighted by Gasteiger charge is -2.17. The number of amides is 1. The molecule has 1 aromatic heterocycles. The van der Waals surface area contributed by atoms with Crippen molar-refractivity contribution in [1.82, 2.24) is 15.5 Å². The summed E-state index contributed by atoms with van der Waals surface area (Å²) in [6.45, 7) is 4.83. The van der Waals surface area contributed by atoms with E-state index >= 15 is 0 Å². The van der Waals surface area contributed by atoms with Crippen LogP contribution >= 0.6 is 0 Å². The maximum absolute atomic E-state index is 11.5. The Morgan fingerprint density at radius 3 is 2.63 bits per heavy atom. The second-order valence-electron chi connectivity index (χ2n) is 4.36. The van der Waals surface area contributed by atoms with Crippen molar-refractivity contribution in [2.24, 2.45) is 5.92 Å². The van der Waals surface area contributed by atoms with Crippen LogP contribution < -0.4 is 5.32 Å². The highest BCUT2D eigenvalue weighted by atomic mass is 16.5. The Morgan fingerprint density at radius 2 is 2.16 bits per heavy atom. The van der Waals surface area contributed by atoms with Gasteiger partial charge in [0.25, 0.3) is 5.89 Å². The first-order valence-electron chi connectivity index (χ1n) is 5.79. The van der Waals surface area contributed by atoms with Gasteiger partial charge in [-0.1, -0.05) is 19.0 Å². The van der Waals surface area contributed by atoms with Crippen molar-refractivity contribution in [2.75, 3.05) is 6.61 Å². The van der Waals surface area contributed by atoms with E-state index in [0.717, 1.165) is 0 Å². The maximum Gasteiger partial charge on any atom is 0.326 e. The fourth-order valence-electron chi connectivity index (χ4n) is 1.36. The SMILES string of the molecule is Cc1noc(COCC(=O)N[C@@H](C(=O)O)C(C)C)n1. The quantitative estimate of drug-likeness (QED) is 0.723. The van der Waals surface area contributed by atoms with Crippen molar-refractivity contribution in [3.8, 4) is 0 Å². The molecule has 1 atom stereocenters. The fraction of sp³-hybridized carbons (Fsp3) is 0.636. The predicted octanol–water partition coefficient (Wildman–Crippen LogP) is 0.120. The first-order valence-corrected chi connectivity index (χ1v) is 5.79. The Bertz CT molecular complexity index is 443. The smallest absolute Gasteiger partial charge is 0.326 e. The molecule has 0 saturated carbocycles. The highest BCUT2D eigenvalue weighted by molar-refractivity contribution is 5.84. The number of aliphatic carboxylic acids is 1.